The van der Waals surface area contributed by atoms with E-state index in [1.807, 2.05) is 0 Å². The van der Waals surface area contributed by atoms with E-state index >= 15 is 0 Å². The van der Waals surface area contributed by atoms with Crippen molar-refractivity contribution in [1.82, 2.24) is 15.1 Å². The highest BCUT2D eigenvalue weighted by molar-refractivity contribution is 5.93. The normalized spacial score (nSPS) is 10.5. The molecule has 17 heavy (non-hydrogen) atoms. The van der Waals surface area contributed by atoms with Crippen molar-refractivity contribution < 1.29 is 9.53 Å². The van der Waals surface area contributed by atoms with E-state index in [2.05, 4.69) is 17.3 Å². The third kappa shape index (κ3) is 5.49. The number of carbonyl (C=O) groups is 1. The van der Waals surface area contributed by atoms with Crippen molar-refractivity contribution in [2.24, 2.45) is 7.05 Å². The van der Waals surface area contributed by atoms with Gasteiger partial charge >= 0.3 is 0 Å². The lowest BCUT2D eigenvalue weighted by molar-refractivity contribution is 0.0940. The number of rotatable bonds is 8. The zero-order valence-corrected chi connectivity index (χ0v) is 10.6. The van der Waals surface area contributed by atoms with Crippen molar-refractivity contribution in [2.75, 3.05) is 19.8 Å². The van der Waals surface area contributed by atoms with Gasteiger partial charge in [0, 0.05) is 33.0 Å². The molecule has 5 nitrogen and oxygen atoms in total. The van der Waals surface area contributed by atoms with Gasteiger partial charge in [-0.15, -0.1) is 0 Å². The van der Waals surface area contributed by atoms with Crippen LogP contribution in [0.25, 0.3) is 0 Å². The van der Waals surface area contributed by atoms with Gasteiger partial charge in [-0.2, -0.15) is 5.10 Å². The highest BCUT2D eigenvalue weighted by Crippen LogP contribution is 1.95. The van der Waals surface area contributed by atoms with Crippen molar-refractivity contribution >= 4 is 5.91 Å². The fourth-order valence-corrected chi connectivity index (χ4v) is 1.37. The van der Waals surface area contributed by atoms with Gasteiger partial charge in [0.2, 0.25) is 0 Å². The Bertz CT molecular complexity index is 336. The molecular formula is C12H21N3O2. The van der Waals surface area contributed by atoms with Gasteiger partial charge in [0.25, 0.3) is 5.91 Å². The van der Waals surface area contributed by atoms with Crippen LogP contribution in [0, 0.1) is 0 Å². The van der Waals surface area contributed by atoms with E-state index in [0.717, 1.165) is 25.9 Å². The summed E-state index contributed by atoms with van der Waals surface area (Å²) in [5.41, 5.74) is 0.597. The summed E-state index contributed by atoms with van der Waals surface area (Å²) < 4.78 is 7.01. The average Bonchev–Trinajstić information content (AvgIpc) is 2.74. The van der Waals surface area contributed by atoms with Crippen LogP contribution in [0.1, 0.15) is 36.5 Å². The topological polar surface area (TPSA) is 56.1 Å². The fourth-order valence-electron chi connectivity index (χ4n) is 1.37. The lowest BCUT2D eigenvalue weighted by Gasteiger charge is -2.04. The molecule has 96 valence electrons. The number of nitrogens with one attached hydrogen (secondary N) is 1. The third-order valence-corrected chi connectivity index (χ3v) is 2.36. The smallest absolute Gasteiger partial charge is 0.254 e. The van der Waals surface area contributed by atoms with Crippen LogP contribution in [-0.2, 0) is 11.8 Å². The second kappa shape index (κ2) is 7.84. The van der Waals surface area contributed by atoms with Crippen LogP contribution in [-0.4, -0.2) is 35.4 Å². The zero-order valence-electron chi connectivity index (χ0n) is 10.6. The highest BCUT2D eigenvalue weighted by atomic mass is 16.5. The number of carbonyl (C=O) groups excluding carboxylic acids is 1. The molecule has 0 aliphatic rings. The molecule has 1 heterocycles. The standard InChI is InChI=1S/C12H21N3O2/c1-3-4-7-17-8-5-6-13-12(16)11-9-14-15(2)10-11/h9-10H,3-8H2,1-2H3,(H,13,16). The molecule has 0 aliphatic heterocycles. The first kappa shape index (κ1) is 13.7. The number of nitrogens with zero attached hydrogens (tertiary/aromatic N) is 2. The van der Waals surface area contributed by atoms with Gasteiger partial charge in [0.1, 0.15) is 0 Å². The molecule has 0 atom stereocenters. The number of amides is 1. The molecule has 1 amide bonds. The molecule has 1 N–H and O–H groups in total. The van der Waals surface area contributed by atoms with Crippen molar-refractivity contribution in [1.29, 1.82) is 0 Å². The van der Waals surface area contributed by atoms with E-state index in [0.29, 0.717) is 18.7 Å². The van der Waals surface area contributed by atoms with E-state index < -0.39 is 0 Å². The van der Waals surface area contributed by atoms with E-state index in [4.69, 9.17) is 4.74 Å². The molecule has 0 aromatic carbocycles. The summed E-state index contributed by atoms with van der Waals surface area (Å²) in [7, 11) is 1.79. The molecule has 0 saturated heterocycles. The Labute approximate surface area is 102 Å². The number of hydrogen-bond donors (Lipinski definition) is 1. The molecule has 1 aromatic heterocycles. The van der Waals surface area contributed by atoms with Crippen LogP contribution >= 0.6 is 0 Å². The summed E-state index contributed by atoms with van der Waals surface area (Å²) in [6, 6.07) is 0. The average molecular weight is 239 g/mol. The Balaban J connectivity index is 2.05. The van der Waals surface area contributed by atoms with Crippen LogP contribution in [0.2, 0.25) is 0 Å². The third-order valence-electron chi connectivity index (χ3n) is 2.36. The van der Waals surface area contributed by atoms with Crippen molar-refractivity contribution in [3.63, 3.8) is 0 Å². The summed E-state index contributed by atoms with van der Waals surface area (Å²) >= 11 is 0. The first-order valence-electron chi connectivity index (χ1n) is 6.08. The van der Waals surface area contributed by atoms with Gasteiger partial charge < -0.3 is 10.1 Å². The predicted molar refractivity (Wildman–Crippen MR) is 65.9 cm³/mol. The molecule has 0 unspecified atom stereocenters. The Morgan fingerprint density at radius 1 is 1.47 bits per heavy atom. The first-order chi connectivity index (χ1) is 8.24. The quantitative estimate of drug-likeness (QED) is 0.697. The molecule has 0 saturated carbocycles. The number of ether oxygens (including phenoxy) is 1. The van der Waals surface area contributed by atoms with E-state index in [9.17, 15) is 4.79 Å². The predicted octanol–water partition coefficient (Wildman–Crippen LogP) is 1.36. The summed E-state index contributed by atoms with van der Waals surface area (Å²) in [6.07, 6.45) is 6.36. The summed E-state index contributed by atoms with van der Waals surface area (Å²) in [6.45, 7) is 4.29. The maximum absolute atomic E-state index is 11.6. The minimum Gasteiger partial charge on any atom is -0.381 e. The Morgan fingerprint density at radius 3 is 2.88 bits per heavy atom. The second-order valence-corrected chi connectivity index (χ2v) is 3.98. The molecule has 0 aliphatic carbocycles. The molecular weight excluding hydrogens is 218 g/mol. The molecule has 5 heteroatoms. The lowest BCUT2D eigenvalue weighted by Crippen LogP contribution is -2.25. The Hall–Kier alpha value is -1.36. The highest BCUT2D eigenvalue weighted by Gasteiger charge is 2.05. The summed E-state index contributed by atoms with van der Waals surface area (Å²) in [4.78, 5) is 11.6. The lowest BCUT2D eigenvalue weighted by atomic mass is 10.3. The van der Waals surface area contributed by atoms with Gasteiger partial charge in [-0.05, 0) is 12.8 Å². The van der Waals surface area contributed by atoms with Gasteiger partial charge in [-0.3, -0.25) is 9.48 Å². The Kier molecular flexibility index (Phi) is 6.32. The van der Waals surface area contributed by atoms with Crippen LogP contribution in [0.5, 0.6) is 0 Å². The van der Waals surface area contributed by atoms with Gasteiger partial charge in [-0.1, -0.05) is 13.3 Å². The number of aryl methyl sites for hydroxylation is 1. The van der Waals surface area contributed by atoms with Crippen molar-refractivity contribution in [2.45, 2.75) is 26.2 Å². The van der Waals surface area contributed by atoms with E-state index in [1.54, 1.807) is 24.1 Å². The SMILES string of the molecule is CCCCOCCCNC(=O)c1cnn(C)c1. The van der Waals surface area contributed by atoms with Crippen LogP contribution in [0.15, 0.2) is 12.4 Å². The number of unbranched alkanes of at least 4 members (excludes halogenated alkanes) is 1. The zero-order chi connectivity index (χ0) is 12.5. The van der Waals surface area contributed by atoms with E-state index in [1.165, 1.54) is 0 Å². The van der Waals surface area contributed by atoms with Gasteiger partial charge in [-0.25, -0.2) is 0 Å². The van der Waals surface area contributed by atoms with Crippen LogP contribution in [0.4, 0.5) is 0 Å². The molecule has 1 aromatic rings. The molecule has 0 bridgehead atoms. The van der Waals surface area contributed by atoms with Gasteiger partial charge in [0.05, 0.1) is 11.8 Å². The van der Waals surface area contributed by atoms with Crippen LogP contribution in [0.3, 0.4) is 0 Å². The minimum absolute atomic E-state index is 0.0772. The van der Waals surface area contributed by atoms with Gasteiger partial charge in [0.15, 0.2) is 0 Å². The fraction of sp³-hybridized carbons (Fsp3) is 0.667. The van der Waals surface area contributed by atoms with Crippen LogP contribution < -0.4 is 5.32 Å². The monoisotopic (exact) mass is 239 g/mol. The van der Waals surface area contributed by atoms with Crippen molar-refractivity contribution in [3.8, 4) is 0 Å². The first-order valence-corrected chi connectivity index (χ1v) is 6.08. The van der Waals surface area contributed by atoms with E-state index in [-0.39, 0.29) is 5.91 Å². The number of hydrogen-bond acceptors (Lipinski definition) is 3. The second-order valence-electron chi connectivity index (χ2n) is 3.98. The maximum atomic E-state index is 11.6. The molecule has 0 fully saturated rings. The number of aromatic nitrogens is 2. The summed E-state index contributed by atoms with van der Waals surface area (Å²) in [5.74, 6) is -0.0772. The molecule has 0 spiro atoms. The Morgan fingerprint density at radius 2 is 2.24 bits per heavy atom. The maximum Gasteiger partial charge on any atom is 0.254 e. The minimum atomic E-state index is -0.0772. The summed E-state index contributed by atoms with van der Waals surface area (Å²) in [5, 5.41) is 6.78. The molecule has 0 radical (unpaired) electrons. The largest absolute Gasteiger partial charge is 0.381 e. The van der Waals surface area contributed by atoms with Crippen molar-refractivity contribution in [3.05, 3.63) is 18.0 Å². The molecule has 1 rings (SSSR count).